The van der Waals surface area contributed by atoms with E-state index in [1.54, 1.807) is 41.7 Å². The zero-order valence-electron chi connectivity index (χ0n) is 36.4. The van der Waals surface area contributed by atoms with Crippen molar-refractivity contribution in [3.05, 3.63) is 87.7 Å². The predicted molar refractivity (Wildman–Crippen MR) is 241 cm³/mol. The SMILES string of the molecule is CO[C@H]1C[C@@H](C2=C(CN3CCN(c4ccc(C(=O)NS(=O)(=O)c5ccc(NCC6CCOCC6)c([N+](=O)[O-])c5)c(Oc5cnc6[nH]ccc6c5)c4)CC3)CCC(C)(C)C2)C2CC1C2. The molecule has 2 aliphatic heterocycles. The topological polar surface area (TPSA) is 181 Å². The molecule has 2 atom stereocenters. The molecule has 336 valence electrons. The highest BCUT2D eigenvalue weighted by atomic mass is 32.2. The Labute approximate surface area is 369 Å². The van der Waals surface area contributed by atoms with Gasteiger partial charge in [-0.2, -0.15) is 0 Å². The Hall–Kier alpha value is -5.03. The number of hydrogen-bond acceptors (Lipinski definition) is 12. The number of nitrogens with one attached hydrogen (secondary N) is 3. The smallest absolute Gasteiger partial charge is 0.293 e. The van der Waals surface area contributed by atoms with Gasteiger partial charge < -0.3 is 29.4 Å². The van der Waals surface area contributed by atoms with E-state index in [1.165, 1.54) is 37.8 Å². The number of hydrogen-bond donors (Lipinski definition) is 3. The number of benzene rings is 2. The van der Waals surface area contributed by atoms with Crippen LogP contribution in [0.3, 0.4) is 0 Å². The number of ether oxygens (including phenoxy) is 3. The third kappa shape index (κ3) is 9.45. The number of nitro groups is 1. The van der Waals surface area contributed by atoms with Crippen LogP contribution in [0.2, 0.25) is 0 Å². The van der Waals surface area contributed by atoms with E-state index in [-0.39, 0.29) is 22.9 Å². The number of H-pyrrole nitrogens is 1. The molecule has 2 aromatic heterocycles. The number of pyridine rings is 1. The molecule has 4 heterocycles. The van der Waals surface area contributed by atoms with E-state index < -0.39 is 31.4 Å². The van der Waals surface area contributed by atoms with Crippen molar-refractivity contribution in [2.75, 3.05) is 69.8 Å². The third-order valence-electron chi connectivity index (χ3n) is 14.4. The van der Waals surface area contributed by atoms with Gasteiger partial charge in [-0.1, -0.05) is 25.0 Å². The lowest BCUT2D eigenvalue weighted by Crippen LogP contribution is -2.49. The number of aromatic amines is 1. The Bertz CT molecular complexity index is 2490. The van der Waals surface area contributed by atoms with Gasteiger partial charge in [0.1, 0.15) is 22.8 Å². The first-order valence-corrected chi connectivity index (χ1v) is 23.9. The van der Waals surface area contributed by atoms with Crippen molar-refractivity contribution < 1.29 is 32.3 Å². The molecule has 5 fully saturated rings. The van der Waals surface area contributed by atoms with E-state index >= 15 is 0 Å². The summed E-state index contributed by atoms with van der Waals surface area (Å²) in [7, 11) is -2.66. The minimum absolute atomic E-state index is 0.0183. The molecule has 16 heteroatoms. The van der Waals surface area contributed by atoms with Crippen molar-refractivity contribution in [1.29, 1.82) is 0 Å². The van der Waals surface area contributed by atoms with Crippen molar-refractivity contribution in [3.8, 4) is 11.5 Å². The molecule has 3 saturated carbocycles. The molecule has 0 radical (unpaired) electrons. The lowest BCUT2D eigenvalue weighted by molar-refractivity contribution is -0.384. The zero-order valence-corrected chi connectivity index (χ0v) is 37.3. The second kappa shape index (κ2) is 17.9. The molecule has 1 amide bonds. The van der Waals surface area contributed by atoms with Gasteiger partial charge in [0.2, 0.25) is 0 Å². The number of rotatable bonds is 14. The van der Waals surface area contributed by atoms with Gasteiger partial charge in [0.25, 0.3) is 21.6 Å². The molecule has 63 heavy (non-hydrogen) atoms. The minimum Gasteiger partial charge on any atom is -0.455 e. The summed E-state index contributed by atoms with van der Waals surface area (Å²) in [6.07, 6.45) is 12.6. The van der Waals surface area contributed by atoms with Gasteiger partial charge in [-0.15, -0.1) is 0 Å². The summed E-state index contributed by atoms with van der Waals surface area (Å²) >= 11 is 0. The fraction of sp³-hybridized carbons (Fsp3) is 0.532. The number of piperazine rings is 1. The standard InChI is InChI=1S/C47H59N7O8S/c1-47(2)12-8-32(40(26-47)39-25-43(60-3)34-20-33(39)21-34)29-52-14-16-53(17-15-52)35-4-6-38(44(23-35)62-36-22-31-9-13-48-45(31)50-28-36)46(55)51-63(58,59)37-5-7-41(42(24-37)54(56)57)49-27-30-10-18-61-19-11-30/h4-7,9,13,22-24,28,30,33-34,39,43,49H,8,10-12,14-21,25-27,29H2,1-3H3,(H,48,50)(H,51,55)/t33?,34?,39-,43+/m1/s1. The second-order valence-electron chi connectivity index (χ2n) is 19.0. The van der Waals surface area contributed by atoms with Crippen LogP contribution in [0.25, 0.3) is 11.0 Å². The Morgan fingerprint density at radius 2 is 1.83 bits per heavy atom. The number of carbonyl (C=O) groups is 1. The Morgan fingerprint density at radius 3 is 2.59 bits per heavy atom. The Balaban J connectivity index is 0.919. The summed E-state index contributed by atoms with van der Waals surface area (Å²) in [5.74, 6) is 2.01. The highest BCUT2D eigenvalue weighted by Crippen LogP contribution is 2.56. The van der Waals surface area contributed by atoms with E-state index in [0.717, 1.165) is 87.4 Å². The number of anilines is 2. The molecule has 10 rings (SSSR count). The molecular formula is C47H59N7O8S. The molecule has 2 aromatic carbocycles. The first kappa shape index (κ1) is 43.2. The number of sulfonamides is 1. The van der Waals surface area contributed by atoms with E-state index in [1.807, 2.05) is 19.2 Å². The Kier molecular flexibility index (Phi) is 12.3. The van der Waals surface area contributed by atoms with Gasteiger partial charge in [-0.05, 0) is 117 Å². The molecule has 0 unspecified atom stereocenters. The van der Waals surface area contributed by atoms with Crippen molar-refractivity contribution in [2.24, 2.45) is 29.1 Å². The number of nitrogens with zero attached hydrogens (tertiary/aromatic N) is 4. The average Bonchev–Trinajstić information content (AvgIpc) is 3.74. The van der Waals surface area contributed by atoms with Crippen LogP contribution in [0.15, 0.2) is 77.0 Å². The van der Waals surface area contributed by atoms with Gasteiger partial charge >= 0.3 is 0 Å². The maximum atomic E-state index is 14.0. The zero-order chi connectivity index (χ0) is 43.9. The summed E-state index contributed by atoms with van der Waals surface area (Å²) in [4.78, 5) is 37.4. The predicted octanol–water partition coefficient (Wildman–Crippen LogP) is 7.91. The minimum atomic E-state index is -4.55. The molecule has 2 saturated heterocycles. The normalized spacial score (nSPS) is 24.2. The van der Waals surface area contributed by atoms with Crippen LogP contribution in [0.5, 0.6) is 11.5 Å². The van der Waals surface area contributed by atoms with Crippen molar-refractivity contribution >= 4 is 44.0 Å². The van der Waals surface area contributed by atoms with Crippen LogP contribution >= 0.6 is 0 Å². The van der Waals surface area contributed by atoms with Gasteiger partial charge in [0.15, 0.2) is 0 Å². The number of fused-ring (bicyclic) bond motifs is 3. The summed E-state index contributed by atoms with van der Waals surface area (Å²) in [6, 6.07) is 12.4. The monoisotopic (exact) mass is 881 g/mol. The number of carbonyl (C=O) groups excluding carboxylic acids is 1. The van der Waals surface area contributed by atoms with E-state index in [9.17, 15) is 23.3 Å². The molecule has 0 spiro atoms. The van der Waals surface area contributed by atoms with Crippen molar-refractivity contribution in [3.63, 3.8) is 0 Å². The summed E-state index contributed by atoms with van der Waals surface area (Å²) in [6.45, 7) is 10.9. The highest BCUT2D eigenvalue weighted by molar-refractivity contribution is 7.90. The first-order valence-electron chi connectivity index (χ1n) is 22.5. The fourth-order valence-electron chi connectivity index (χ4n) is 10.6. The van der Waals surface area contributed by atoms with Crippen molar-refractivity contribution in [1.82, 2.24) is 19.6 Å². The maximum absolute atomic E-state index is 14.0. The fourth-order valence-corrected chi connectivity index (χ4v) is 11.6. The number of amides is 1. The molecule has 6 aliphatic rings. The van der Waals surface area contributed by atoms with E-state index in [2.05, 4.69) is 43.7 Å². The molecule has 4 aliphatic carbocycles. The second-order valence-corrected chi connectivity index (χ2v) is 20.7. The molecule has 15 nitrogen and oxygen atoms in total. The molecule has 4 aromatic rings. The maximum Gasteiger partial charge on any atom is 0.293 e. The Morgan fingerprint density at radius 1 is 1.03 bits per heavy atom. The first-order chi connectivity index (χ1) is 30.3. The van der Waals surface area contributed by atoms with Crippen molar-refractivity contribution in [2.45, 2.75) is 76.2 Å². The van der Waals surface area contributed by atoms with Crippen LogP contribution in [0, 0.1) is 39.2 Å². The number of nitro benzene ring substituents is 1. The number of methoxy groups -OCH3 is 1. The van der Waals surface area contributed by atoms with Crippen LogP contribution in [-0.2, 0) is 19.5 Å². The van der Waals surface area contributed by atoms with Crippen LogP contribution in [0.4, 0.5) is 17.1 Å². The van der Waals surface area contributed by atoms with Gasteiger partial charge in [-0.25, -0.2) is 18.1 Å². The van der Waals surface area contributed by atoms with Crippen LogP contribution in [-0.4, -0.2) is 99.8 Å². The lowest BCUT2D eigenvalue weighted by atomic mass is 9.54. The summed E-state index contributed by atoms with van der Waals surface area (Å²) in [5.41, 5.74) is 4.94. The van der Waals surface area contributed by atoms with E-state index in [4.69, 9.17) is 14.2 Å². The highest BCUT2D eigenvalue weighted by Gasteiger charge is 2.48. The van der Waals surface area contributed by atoms with Crippen LogP contribution < -0.4 is 19.7 Å². The number of allylic oxidation sites excluding steroid dienone is 1. The molecule has 2 bridgehead atoms. The lowest BCUT2D eigenvalue weighted by Gasteiger charge is -2.53. The van der Waals surface area contributed by atoms with Gasteiger partial charge in [0, 0.05) is 89.0 Å². The van der Waals surface area contributed by atoms with Gasteiger partial charge in [0.05, 0.1) is 27.7 Å². The quantitative estimate of drug-likeness (QED) is 0.0634. The number of aromatic nitrogens is 2. The van der Waals surface area contributed by atoms with Crippen LogP contribution in [0.1, 0.15) is 75.6 Å². The van der Waals surface area contributed by atoms with Gasteiger partial charge in [-0.3, -0.25) is 19.8 Å². The molecular weight excluding hydrogens is 823 g/mol. The van der Waals surface area contributed by atoms with E-state index in [0.29, 0.717) is 48.6 Å². The largest absolute Gasteiger partial charge is 0.455 e. The molecule has 3 N–H and O–H groups in total. The summed E-state index contributed by atoms with van der Waals surface area (Å²) in [5, 5.41) is 16.0. The average molecular weight is 882 g/mol. The summed E-state index contributed by atoms with van der Waals surface area (Å²) < 4.78 is 47.3. The third-order valence-corrected chi connectivity index (χ3v) is 15.7.